The van der Waals surface area contributed by atoms with Gasteiger partial charge >= 0.3 is 5.97 Å². The minimum atomic E-state index is -0.707. The molecule has 134 valence electrons. The number of anilines is 1. The van der Waals surface area contributed by atoms with Gasteiger partial charge in [-0.15, -0.1) is 0 Å². The van der Waals surface area contributed by atoms with E-state index in [1.54, 1.807) is 30.3 Å². The molecule has 6 nitrogen and oxygen atoms in total. The van der Waals surface area contributed by atoms with Crippen molar-refractivity contribution in [2.45, 2.75) is 13.8 Å². The summed E-state index contributed by atoms with van der Waals surface area (Å²) in [7, 11) is 1.24. The second-order valence-corrected chi connectivity index (χ2v) is 5.89. The van der Waals surface area contributed by atoms with Crippen molar-refractivity contribution in [3.63, 3.8) is 0 Å². The number of ketones is 1. The van der Waals surface area contributed by atoms with Crippen LogP contribution in [0.4, 0.5) is 5.69 Å². The minimum absolute atomic E-state index is 0.0894. The number of methoxy groups -OCH3 is 1. The van der Waals surface area contributed by atoms with Crippen LogP contribution >= 0.6 is 0 Å². The highest BCUT2D eigenvalue weighted by Gasteiger charge is 2.21. The summed E-state index contributed by atoms with van der Waals surface area (Å²) in [6, 6.07) is 10.6. The number of ether oxygens (including phenoxy) is 3. The van der Waals surface area contributed by atoms with E-state index in [1.807, 2.05) is 19.9 Å². The van der Waals surface area contributed by atoms with E-state index in [9.17, 15) is 9.59 Å². The molecule has 0 unspecified atom stereocenters. The highest BCUT2D eigenvalue weighted by Crippen LogP contribution is 2.34. The Bertz CT molecular complexity index is 901. The number of benzene rings is 2. The Morgan fingerprint density at radius 2 is 1.81 bits per heavy atom. The maximum atomic E-state index is 12.8. The Balaban J connectivity index is 1.87. The summed E-state index contributed by atoms with van der Waals surface area (Å²) in [5.41, 5.74) is 3.04. The van der Waals surface area contributed by atoms with Gasteiger partial charge in [-0.2, -0.15) is 0 Å². The third-order valence-electron chi connectivity index (χ3n) is 4.17. The zero-order chi connectivity index (χ0) is 18.7. The molecular weight excluding hydrogens is 334 g/mol. The van der Waals surface area contributed by atoms with Crippen LogP contribution in [0.15, 0.2) is 48.2 Å². The summed E-state index contributed by atoms with van der Waals surface area (Å²) in [4.78, 5) is 24.9. The van der Waals surface area contributed by atoms with E-state index >= 15 is 0 Å². The fourth-order valence-electron chi connectivity index (χ4n) is 2.51. The lowest BCUT2D eigenvalue weighted by atomic mass is 9.99. The van der Waals surface area contributed by atoms with E-state index < -0.39 is 11.8 Å². The Morgan fingerprint density at radius 1 is 1.04 bits per heavy atom. The lowest BCUT2D eigenvalue weighted by Gasteiger charge is -2.09. The van der Waals surface area contributed by atoms with Crippen molar-refractivity contribution in [1.29, 1.82) is 0 Å². The molecule has 1 aliphatic heterocycles. The molecule has 0 aromatic heterocycles. The standard InChI is InChI=1S/C20H19NO5/c1-12-4-5-14(8-13(12)2)19(22)16(20(23)24-3)10-21-15-6-7-17-18(9-15)26-11-25-17/h4-10,21H,11H2,1-3H3/b16-10+. The first kappa shape index (κ1) is 17.5. The van der Waals surface area contributed by atoms with E-state index in [0.717, 1.165) is 11.1 Å². The monoisotopic (exact) mass is 353 g/mol. The van der Waals surface area contributed by atoms with Crippen molar-refractivity contribution >= 4 is 17.4 Å². The van der Waals surface area contributed by atoms with Crippen LogP contribution in [-0.4, -0.2) is 25.7 Å². The van der Waals surface area contributed by atoms with Gasteiger partial charge in [-0.05, 0) is 43.2 Å². The van der Waals surface area contributed by atoms with Crippen molar-refractivity contribution < 1.29 is 23.8 Å². The maximum absolute atomic E-state index is 12.8. The molecule has 0 spiro atoms. The van der Waals surface area contributed by atoms with Crippen LogP contribution in [0.1, 0.15) is 21.5 Å². The SMILES string of the molecule is COC(=O)/C(=C/Nc1ccc2c(c1)OCO2)C(=O)c1ccc(C)c(C)c1. The summed E-state index contributed by atoms with van der Waals surface area (Å²) in [5.74, 6) is 0.136. The van der Waals surface area contributed by atoms with E-state index in [-0.39, 0.29) is 12.4 Å². The first-order valence-corrected chi connectivity index (χ1v) is 8.06. The number of esters is 1. The van der Waals surface area contributed by atoms with Crippen LogP contribution in [0.2, 0.25) is 0 Å². The van der Waals surface area contributed by atoms with Crippen LogP contribution in [0.25, 0.3) is 0 Å². The molecule has 0 fully saturated rings. The van der Waals surface area contributed by atoms with Crippen LogP contribution in [-0.2, 0) is 9.53 Å². The predicted octanol–water partition coefficient (Wildman–Crippen LogP) is 3.38. The number of Topliss-reactive ketones (excluding diaryl/α,β-unsaturated/α-hetero) is 1. The maximum Gasteiger partial charge on any atom is 0.343 e. The first-order chi connectivity index (χ1) is 12.5. The number of rotatable bonds is 5. The summed E-state index contributed by atoms with van der Waals surface area (Å²) in [6.45, 7) is 4.05. The molecule has 0 saturated heterocycles. The van der Waals surface area contributed by atoms with Gasteiger partial charge < -0.3 is 19.5 Å². The molecular formula is C20H19NO5. The van der Waals surface area contributed by atoms with Crippen molar-refractivity contribution in [2.24, 2.45) is 0 Å². The van der Waals surface area contributed by atoms with Gasteiger partial charge in [0.05, 0.1) is 7.11 Å². The summed E-state index contributed by atoms with van der Waals surface area (Å²) >= 11 is 0. The first-order valence-electron chi connectivity index (χ1n) is 8.06. The van der Waals surface area contributed by atoms with Gasteiger partial charge in [0.2, 0.25) is 12.6 Å². The van der Waals surface area contributed by atoms with Crippen molar-refractivity contribution in [3.05, 3.63) is 64.9 Å². The van der Waals surface area contributed by atoms with Gasteiger partial charge in [-0.3, -0.25) is 4.79 Å². The van der Waals surface area contributed by atoms with Crippen LogP contribution in [0.5, 0.6) is 11.5 Å². The lowest BCUT2D eigenvalue weighted by molar-refractivity contribution is -0.135. The number of aryl methyl sites for hydroxylation is 2. The number of hydrogen-bond donors (Lipinski definition) is 1. The molecule has 1 N–H and O–H groups in total. The van der Waals surface area contributed by atoms with Gasteiger partial charge in [0.1, 0.15) is 5.57 Å². The largest absolute Gasteiger partial charge is 0.465 e. The molecule has 0 radical (unpaired) electrons. The molecule has 0 saturated carbocycles. The molecule has 26 heavy (non-hydrogen) atoms. The van der Waals surface area contributed by atoms with Gasteiger partial charge in [-0.1, -0.05) is 12.1 Å². The quantitative estimate of drug-likeness (QED) is 0.292. The minimum Gasteiger partial charge on any atom is -0.465 e. The fourth-order valence-corrected chi connectivity index (χ4v) is 2.51. The molecule has 0 atom stereocenters. The Hall–Kier alpha value is -3.28. The molecule has 2 aromatic rings. The predicted molar refractivity (Wildman–Crippen MR) is 96.5 cm³/mol. The average molecular weight is 353 g/mol. The van der Waals surface area contributed by atoms with Crippen LogP contribution in [0, 0.1) is 13.8 Å². The third-order valence-corrected chi connectivity index (χ3v) is 4.17. The topological polar surface area (TPSA) is 73.9 Å². The van der Waals surface area contributed by atoms with E-state index in [4.69, 9.17) is 14.2 Å². The molecule has 6 heteroatoms. The van der Waals surface area contributed by atoms with Gasteiger partial charge in [-0.25, -0.2) is 4.79 Å². The van der Waals surface area contributed by atoms with Crippen LogP contribution < -0.4 is 14.8 Å². The number of carbonyl (C=O) groups excluding carboxylic acids is 2. The summed E-state index contributed by atoms with van der Waals surface area (Å²) in [5, 5.41) is 2.95. The molecule has 0 bridgehead atoms. The number of hydrogen-bond acceptors (Lipinski definition) is 6. The molecule has 1 aliphatic rings. The highest BCUT2D eigenvalue weighted by atomic mass is 16.7. The van der Waals surface area contributed by atoms with Crippen molar-refractivity contribution in [2.75, 3.05) is 19.2 Å². The fraction of sp³-hybridized carbons (Fsp3) is 0.200. The molecule has 1 heterocycles. The zero-order valence-electron chi connectivity index (χ0n) is 14.8. The Morgan fingerprint density at radius 3 is 2.54 bits per heavy atom. The molecule has 0 aliphatic carbocycles. The van der Waals surface area contributed by atoms with E-state index in [2.05, 4.69) is 5.32 Å². The van der Waals surface area contributed by atoms with Crippen molar-refractivity contribution in [3.8, 4) is 11.5 Å². The molecule has 2 aromatic carbocycles. The average Bonchev–Trinajstić information content (AvgIpc) is 3.11. The molecule has 0 amide bonds. The highest BCUT2D eigenvalue weighted by molar-refractivity contribution is 6.24. The van der Waals surface area contributed by atoms with Gasteiger partial charge in [0, 0.05) is 23.5 Å². The van der Waals surface area contributed by atoms with Crippen molar-refractivity contribution in [1.82, 2.24) is 0 Å². The summed E-state index contributed by atoms with van der Waals surface area (Å²) < 4.78 is 15.3. The second kappa shape index (κ2) is 7.31. The number of fused-ring (bicyclic) bond motifs is 1. The lowest BCUT2D eigenvalue weighted by Crippen LogP contribution is -2.16. The van der Waals surface area contributed by atoms with Gasteiger partial charge in [0.15, 0.2) is 11.5 Å². The van der Waals surface area contributed by atoms with Gasteiger partial charge in [0.25, 0.3) is 0 Å². The third kappa shape index (κ3) is 3.54. The van der Waals surface area contributed by atoms with Crippen LogP contribution in [0.3, 0.4) is 0 Å². The zero-order valence-corrected chi connectivity index (χ0v) is 14.8. The Labute approximate surface area is 151 Å². The normalized spacial score (nSPS) is 12.7. The number of nitrogens with one attached hydrogen (secondary N) is 1. The van der Waals surface area contributed by atoms with E-state index in [1.165, 1.54) is 13.3 Å². The van der Waals surface area contributed by atoms with E-state index in [0.29, 0.717) is 22.7 Å². The number of carbonyl (C=O) groups is 2. The second-order valence-electron chi connectivity index (χ2n) is 5.89. The molecule has 3 rings (SSSR count). The summed E-state index contributed by atoms with van der Waals surface area (Å²) in [6.07, 6.45) is 1.35. The Kier molecular flexibility index (Phi) is 4.93. The smallest absolute Gasteiger partial charge is 0.343 e.